The van der Waals surface area contributed by atoms with Crippen LogP contribution in [0.4, 0.5) is 26.1 Å². The lowest BCUT2D eigenvalue weighted by Gasteiger charge is -2.26. The van der Waals surface area contributed by atoms with E-state index in [0.29, 0.717) is 17.0 Å². The minimum Gasteiger partial charge on any atom is -0.393 e. The number of anilines is 3. The second kappa shape index (κ2) is 7.98. The highest BCUT2D eigenvalue weighted by Crippen LogP contribution is 2.27. The maximum atomic E-state index is 14.2. The van der Waals surface area contributed by atoms with Crippen LogP contribution >= 0.6 is 0 Å². The highest BCUT2D eigenvalue weighted by Gasteiger charge is 2.21. The molecule has 0 atom stereocenters. The Morgan fingerprint density at radius 3 is 2.60 bits per heavy atom. The molecule has 30 heavy (non-hydrogen) atoms. The zero-order chi connectivity index (χ0) is 21.4. The second-order valence-corrected chi connectivity index (χ2v) is 7.67. The number of aliphatic hydroxyl groups is 1. The lowest BCUT2D eigenvalue weighted by Crippen LogP contribution is -2.29. The predicted octanol–water partition coefficient (Wildman–Crippen LogP) is 3.09. The third-order valence-electron chi connectivity index (χ3n) is 5.59. The molecule has 4 rings (SSSR count). The van der Waals surface area contributed by atoms with Crippen LogP contribution in [0.2, 0.25) is 0 Å². The molecular weight excluding hydrogens is 392 g/mol. The third-order valence-corrected chi connectivity index (χ3v) is 5.59. The van der Waals surface area contributed by atoms with E-state index in [4.69, 9.17) is 0 Å². The number of halogens is 2. The van der Waals surface area contributed by atoms with Crippen LogP contribution in [-0.2, 0) is 7.05 Å². The van der Waals surface area contributed by atoms with Crippen molar-refractivity contribution in [2.75, 3.05) is 17.3 Å². The van der Waals surface area contributed by atoms with Crippen LogP contribution in [0, 0.1) is 11.6 Å². The first-order chi connectivity index (χ1) is 14.3. The molecule has 0 amide bonds. The summed E-state index contributed by atoms with van der Waals surface area (Å²) in [6.07, 6.45) is 4.49. The summed E-state index contributed by atoms with van der Waals surface area (Å²) >= 11 is 0. The van der Waals surface area contributed by atoms with Crippen LogP contribution in [0.3, 0.4) is 0 Å². The molecule has 1 saturated carbocycles. The Morgan fingerprint density at radius 2 is 1.90 bits per heavy atom. The van der Waals surface area contributed by atoms with Crippen molar-refractivity contribution in [2.45, 2.75) is 37.8 Å². The zero-order valence-electron chi connectivity index (χ0n) is 16.8. The fraction of sp³-hybridized carbons (Fsp3) is 0.381. The van der Waals surface area contributed by atoms with Gasteiger partial charge in [-0.25, -0.2) is 13.8 Å². The zero-order valence-corrected chi connectivity index (χ0v) is 16.8. The first-order valence-corrected chi connectivity index (χ1v) is 9.83. The number of aromatic nitrogens is 3. The number of nitrogens with one attached hydrogen (secondary N) is 1. The van der Waals surface area contributed by atoms with E-state index in [1.54, 1.807) is 26.4 Å². The number of benzene rings is 1. The molecule has 0 unspecified atom stereocenters. The number of aliphatic hydroxyl groups excluding tert-OH is 1. The fourth-order valence-corrected chi connectivity index (χ4v) is 3.83. The minimum absolute atomic E-state index is 0.0894. The van der Waals surface area contributed by atoms with Crippen molar-refractivity contribution in [3.05, 3.63) is 52.5 Å². The van der Waals surface area contributed by atoms with Crippen molar-refractivity contribution >= 4 is 28.4 Å². The predicted molar refractivity (Wildman–Crippen MR) is 111 cm³/mol. The number of fused-ring (bicyclic) bond motifs is 1. The number of nitrogens with zero attached hydrogens (tertiary/aromatic N) is 4. The number of hydrogen-bond donors (Lipinski definition) is 2. The molecule has 2 heterocycles. The molecule has 1 aromatic carbocycles. The second-order valence-electron chi connectivity index (χ2n) is 7.67. The molecule has 0 bridgehead atoms. The first kappa shape index (κ1) is 20.2. The van der Waals surface area contributed by atoms with Crippen molar-refractivity contribution in [3.63, 3.8) is 0 Å². The molecule has 1 aliphatic carbocycles. The molecule has 7 nitrogen and oxygen atoms in total. The van der Waals surface area contributed by atoms with Crippen LogP contribution in [0.1, 0.15) is 25.7 Å². The van der Waals surface area contributed by atoms with Crippen LogP contribution < -0.4 is 15.8 Å². The lowest BCUT2D eigenvalue weighted by molar-refractivity contribution is 0.126. The van der Waals surface area contributed by atoms with Crippen molar-refractivity contribution in [1.29, 1.82) is 0 Å². The maximum absolute atomic E-state index is 14.2. The molecule has 2 N–H and O–H groups in total. The van der Waals surface area contributed by atoms with E-state index >= 15 is 0 Å². The summed E-state index contributed by atoms with van der Waals surface area (Å²) in [6, 6.07) is 4.99. The standard InChI is InChI=1S/C21H23F2N5O2/c1-27(17-8-3-13(22)10-16(17)23)18-9-12-11-24-21(26-19(12)28(2)20(18)30)25-14-4-6-15(29)7-5-14/h3,8-11,14-15,29H,4-7H2,1-2H3,(H,24,25,26)/t14-,15-. The molecule has 1 fully saturated rings. The molecule has 3 aromatic rings. The summed E-state index contributed by atoms with van der Waals surface area (Å²) in [5, 5.41) is 13.5. The summed E-state index contributed by atoms with van der Waals surface area (Å²) in [7, 11) is 3.14. The average molecular weight is 415 g/mol. The van der Waals surface area contributed by atoms with Gasteiger partial charge in [0.25, 0.3) is 5.56 Å². The van der Waals surface area contributed by atoms with Crippen molar-refractivity contribution < 1.29 is 13.9 Å². The Kier molecular flexibility index (Phi) is 5.38. The molecule has 0 saturated heterocycles. The van der Waals surface area contributed by atoms with Crippen molar-refractivity contribution in [1.82, 2.24) is 14.5 Å². The van der Waals surface area contributed by atoms with Crippen molar-refractivity contribution in [3.8, 4) is 0 Å². The number of aryl methyl sites for hydroxylation is 1. The molecule has 9 heteroatoms. The molecule has 2 aromatic heterocycles. The van der Waals surface area contributed by atoms with Crippen LogP contribution in [0.15, 0.2) is 35.3 Å². The van der Waals surface area contributed by atoms with E-state index in [1.807, 2.05) is 0 Å². The SMILES string of the molecule is CN(c1ccc(F)cc1F)c1cc2cnc(N[C@H]3CC[C@H](O)CC3)nc2n(C)c1=O. The lowest BCUT2D eigenvalue weighted by atomic mass is 9.93. The molecule has 0 spiro atoms. The van der Waals surface area contributed by atoms with Crippen molar-refractivity contribution in [2.24, 2.45) is 7.05 Å². The van der Waals surface area contributed by atoms with Gasteiger partial charge in [0.1, 0.15) is 23.0 Å². The van der Waals surface area contributed by atoms with Gasteiger partial charge >= 0.3 is 0 Å². The van der Waals surface area contributed by atoms with Gasteiger partial charge < -0.3 is 15.3 Å². The van der Waals surface area contributed by atoms with Gasteiger partial charge in [-0.2, -0.15) is 4.98 Å². The highest BCUT2D eigenvalue weighted by atomic mass is 19.1. The van der Waals surface area contributed by atoms with Gasteiger partial charge in [-0.15, -0.1) is 0 Å². The normalized spacial score (nSPS) is 19.1. The Labute approximate surface area is 172 Å². The molecule has 0 radical (unpaired) electrons. The maximum Gasteiger partial charge on any atom is 0.275 e. The van der Waals surface area contributed by atoms with E-state index < -0.39 is 11.6 Å². The molecule has 0 aliphatic heterocycles. The van der Waals surface area contributed by atoms with E-state index in [0.717, 1.165) is 37.8 Å². The van der Waals surface area contributed by atoms with E-state index in [-0.39, 0.29) is 29.1 Å². The van der Waals surface area contributed by atoms with Crippen LogP contribution in [0.25, 0.3) is 11.0 Å². The Bertz CT molecular complexity index is 1140. The summed E-state index contributed by atoms with van der Waals surface area (Å²) in [6.45, 7) is 0. The Hall–Kier alpha value is -3.07. The monoisotopic (exact) mass is 415 g/mol. The quantitative estimate of drug-likeness (QED) is 0.681. The number of pyridine rings is 1. The van der Waals surface area contributed by atoms with Gasteiger partial charge in [0, 0.05) is 37.8 Å². The van der Waals surface area contributed by atoms with Gasteiger partial charge in [-0.05, 0) is 43.9 Å². The van der Waals surface area contributed by atoms with Gasteiger partial charge in [-0.3, -0.25) is 9.36 Å². The smallest absolute Gasteiger partial charge is 0.275 e. The number of hydrogen-bond acceptors (Lipinski definition) is 6. The van der Waals surface area contributed by atoms with E-state index in [2.05, 4.69) is 15.3 Å². The van der Waals surface area contributed by atoms with Crippen LogP contribution in [0.5, 0.6) is 0 Å². The Morgan fingerprint density at radius 1 is 1.17 bits per heavy atom. The average Bonchev–Trinajstić information content (AvgIpc) is 2.72. The van der Waals surface area contributed by atoms with E-state index in [9.17, 15) is 18.7 Å². The van der Waals surface area contributed by atoms with Gasteiger partial charge in [0.15, 0.2) is 0 Å². The molecule has 1 aliphatic rings. The summed E-state index contributed by atoms with van der Waals surface area (Å²) in [4.78, 5) is 23.2. The summed E-state index contributed by atoms with van der Waals surface area (Å²) < 4.78 is 28.8. The topological polar surface area (TPSA) is 83.3 Å². The first-order valence-electron chi connectivity index (χ1n) is 9.83. The van der Waals surface area contributed by atoms with Crippen LogP contribution in [-0.4, -0.2) is 38.8 Å². The van der Waals surface area contributed by atoms with Gasteiger partial charge in [0.2, 0.25) is 5.95 Å². The van der Waals surface area contributed by atoms with E-state index in [1.165, 1.54) is 15.5 Å². The Balaban J connectivity index is 1.67. The highest BCUT2D eigenvalue weighted by molar-refractivity contribution is 5.80. The summed E-state index contributed by atoms with van der Waals surface area (Å²) in [5.74, 6) is -1.02. The molecule has 158 valence electrons. The largest absolute Gasteiger partial charge is 0.393 e. The van der Waals surface area contributed by atoms with Gasteiger partial charge in [-0.1, -0.05) is 0 Å². The number of rotatable bonds is 4. The van der Waals surface area contributed by atoms with Gasteiger partial charge in [0.05, 0.1) is 11.8 Å². The fourth-order valence-electron chi connectivity index (χ4n) is 3.83. The summed E-state index contributed by atoms with van der Waals surface area (Å²) in [5.41, 5.74) is 0.400. The molecular formula is C21H23F2N5O2. The third kappa shape index (κ3) is 3.85. The minimum atomic E-state index is -0.756.